The smallest absolute Gasteiger partial charge is 0.306 e. The Morgan fingerprint density at radius 2 is 1.73 bits per heavy atom. The van der Waals surface area contributed by atoms with Gasteiger partial charge in [-0.05, 0) is 49.9 Å². The van der Waals surface area contributed by atoms with E-state index >= 15 is 0 Å². The molecule has 0 aromatic heterocycles. The highest BCUT2D eigenvalue weighted by molar-refractivity contribution is 5.69. The fourth-order valence-electron chi connectivity index (χ4n) is 3.58. The van der Waals surface area contributed by atoms with Crippen molar-refractivity contribution in [2.24, 2.45) is 17.3 Å². The molecule has 1 unspecified atom stereocenters. The Labute approximate surface area is 92.1 Å². The van der Waals surface area contributed by atoms with Gasteiger partial charge in [-0.1, -0.05) is 19.8 Å². The molecular formula is C13H22O2. The minimum absolute atomic E-state index is 0.135. The molecule has 1 N–H and O–H groups in total. The van der Waals surface area contributed by atoms with E-state index in [1.165, 1.54) is 38.5 Å². The van der Waals surface area contributed by atoms with Crippen molar-refractivity contribution in [1.82, 2.24) is 0 Å². The van der Waals surface area contributed by atoms with E-state index in [4.69, 9.17) is 5.11 Å². The van der Waals surface area contributed by atoms with Gasteiger partial charge < -0.3 is 5.11 Å². The van der Waals surface area contributed by atoms with Crippen LogP contribution in [0.15, 0.2) is 0 Å². The second kappa shape index (κ2) is 4.15. The monoisotopic (exact) mass is 210 g/mol. The molecule has 2 nitrogen and oxygen atoms in total. The largest absolute Gasteiger partial charge is 0.481 e. The van der Waals surface area contributed by atoms with E-state index in [-0.39, 0.29) is 5.92 Å². The van der Waals surface area contributed by atoms with E-state index in [1.54, 1.807) is 0 Å². The summed E-state index contributed by atoms with van der Waals surface area (Å²) in [6, 6.07) is 0. The van der Waals surface area contributed by atoms with Gasteiger partial charge in [0.1, 0.15) is 0 Å². The zero-order valence-corrected chi connectivity index (χ0v) is 9.67. The normalized spacial score (nSPS) is 28.1. The maximum Gasteiger partial charge on any atom is 0.306 e. The Hall–Kier alpha value is -0.530. The zero-order chi connectivity index (χ0) is 10.9. The molecule has 86 valence electrons. The molecule has 2 aliphatic carbocycles. The van der Waals surface area contributed by atoms with Crippen LogP contribution in [-0.4, -0.2) is 11.1 Å². The minimum Gasteiger partial charge on any atom is -0.481 e. The Balaban J connectivity index is 1.89. The molecule has 0 aliphatic heterocycles. The van der Waals surface area contributed by atoms with Crippen molar-refractivity contribution in [3.63, 3.8) is 0 Å². The first kappa shape index (κ1) is 11.0. The minimum atomic E-state index is -0.609. The maximum atomic E-state index is 10.9. The quantitative estimate of drug-likeness (QED) is 0.758. The third kappa shape index (κ3) is 2.19. The van der Waals surface area contributed by atoms with E-state index in [0.717, 1.165) is 12.8 Å². The van der Waals surface area contributed by atoms with Crippen LogP contribution in [-0.2, 0) is 4.79 Å². The molecule has 0 radical (unpaired) electrons. The van der Waals surface area contributed by atoms with Gasteiger partial charge in [0.25, 0.3) is 0 Å². The van der Waals surface area contributed by atoms with Gasteiger partial charge >= 0.3 is 5.97 Å². The molecule has 2 heteroatoms. The third-order valence-electron chi connectivity index (χ3n) is 4.85. The summed E-state index contributed by atoms with van der Waals surface area (Å²) in [4.78, 5) is 10.9. The molecule has 0 bridgehead atoms. The van der Waals surface area contributed by atoms with E-state index in [0.29, 0.717) is 11.3 Å². The summed E-state index contributed by atoms with van der Waals surface area (Å²) in [6.45, 7) is 1.87. The molecular weight excluding hydrogens is 188 g/mol. The lowest BCUT2D eigenvalue weighted by molar-refractivity contribution is -0.143. The standard InChI is InChI=1S/C13H22O2/c1-10(12(14)15)11-4-8-13(9-5-11)6-2-3-7-13/h10-11H,2-9H2,1H3,(H,14,15). The van der Waals surface area contributed by atoms with E-state index < -0.39 is 5.97 Å². The number of carboxylic acid groups (broad SMARTS) is 1. The molecule has 0 aromatic rings. The van der Waals surface area contributed by atoms with Crippen molar-refractivity contribution in [1.29, 1.82) is 0 Å². The van der Waals surface area contributed by atoms with Gasteiger partial charge in [-0.15, -0.1) is 0 Å². The predicted octanol–water partition coefficient (Wildman–Crippen LogP) is 3.46. The van der Waals surface area contributed by atoms with Gasteiger partial charge in [-0.2, -0.15) is 0 Å². The van der Waals surface area contributed by atoms with Crippen LogP contribution < -0.4 is 0 Å². The van der Waals surface area contributed by atoms with Crippen LogP contribution in [0.1, 0.15) is 58.3 Å². The lowest BCUT2D eigenvalue weighted by Crippen LogP contribution is -2.30. The Bertz CT molecular complexity index is 231. The van der Waals surface area contributed by atoms with Gasteiger partial charge in [0, 0.05) is 0 Å². The van der Waals surface area contributed by atoms with Crippen LogP contribution in [0.25, 0.3) is 0 Å². The van der Waals surface area contributed by atoms with Crippen molar-refractivity contribution in [3.8, 4) is 0 Å². The first-order chi connectivity index (χ1) is 7.13. The number of carboxylic acids is 1. The highest BCUT2D eigenvalue weighted by Gasteiger charge is 2.39. The van der Waals surface area contributed by atoms with Crippen LogP contribution in [0, 0.1) is 17.3 Å². The van der Waals surface area contributed by atoms with Crippen molar-refractivity contribution in [2.45, 2.75) is 58.3 Å². The fourth-order valence-corrected chi connectivity index (χ4v) is 3.58. The average Bonchev–Trinajstić information content (AvgIpc) is 2.67. The van der Waals surface area contributed by atoms with Crippen LogP contribution >= 0.6 is 0 Å². The second-order valence-corrected chi connectivity index (χ2v) is 5.67. The van der Waals surface area contributed by atoms with Crippen molar-refractivity contribution in [3.05, 3.63) is 0 Å². The van der Waals surface area contributed by atoms with Crippen LogP contribution in [0.5, 0.6) is 0 Å². The van der Waals surface area contributed by atoms with Crippen LogP contribution in [0.4, 0.5) is 0 Å². The lowest BCUT2D eigenvalue weighted by atomic mass is 9.67. The molecule has 0 aromatic carbocycles. The van der Waals surface area contributed by atoms with E-state index in [2.05, 4.69) is 0 Å². The fraction of sp³-hybridized carbons (Fsp3) is 0.923. The zero-order valence-electron chi connectivity index (χ0n) is 9.67. The SMILES string of the molecule is CC(C(=O)O)C1CCC2(CCCC2)CC1. The summed E-state index contributed by atoms with van der Waals surface area (Å²) < 4.78 is 0. The Morgan fingerprint density at radius 3 is 2.20 bits per heavy atom. The molecule has 2 saturated carbocycles. The summed E-state index contributed by atoms with van der Waals surface area (Å²) in [5, 5.41) is 8.99. The van der Waals surface area contributed by atoms with Gasteiger partial charge in [-0.3, -0.25) is 4.79 Å². The van der Waals surface area contributed by atoms with Crippen molar-refractivity contribution in [2.75, 3.05) is 0 Å². The summed E-state index contributed by atoms with van der Waals surface area (Å²) in [5.74, 6) is -0.306. The summed E-state index contributed by atoms with van der Waals surface area (Å²) in [7, 11) is 0. The maximum absolute atomic E-state index is 10.9. The number of hydrogen-bond donors (Lipinski definition) is 1. The first-order valence-electron chi connectivity index (χ1n) is 6.36. The first-order valence-corrected chi connectivity index (χ1v) is 6.36. The lowest BCUT2D eigenvalue weighted by Gasteiger charge is -2.38. The highest BCUT2D eigenvalue weighted by Crippen LogP contribution is 2.51. The number of hydrogen-bond acceptors (Lipinski definition) is 1. The summed E-state index contributed by atoms with van der Waals surface area (Å²) in [5.41, 5.74) is 0.634. The molecule has 1 atom stereocenters. The van der Waals surface area contributed by atoms with Gasteiger partial charge in [-0.25, -0.2) is 0 Å². The average molecular weight is 210 g/mol. The number of aliphatic carboxylic acids is 1. The third-order valence-corrected chi connectivity index (χ3v) is 4.85. The van der Waals surface area contributed by atoms with Crippen molar-refractivity contribution >= 4 is 5.97 Å². The molecule has 15 heavy (non-hydrogen) atoms. The molecule has 0 heterocycles. The van der Waals surface area contributed by atoms with Crippen LogP contribution in [0.2, 0.25) is 0 Å². The molecule has 1 spiro atoms. The summed E-state index contributed by atoms with van der Waals surface area (Å²) in [6.07, 6.45) is 10.5. The van der Waals surface area contributed by atoms with Gasteiger partial charge in [0.15, 0.2) is 0 Å². The molecule has 2 rings (SSSR count). The topological polar surface area (TPSA) is 37.3 Å². The summed E-state index contributed by atoms with van der Waals surface area (Å²) >= 11 is 0. The predicted molar refractivity (Wildman–Crippen MR) is 59.7 cm³/mol. The van der Waals surface area contributed by atoms with Gasteiger partial charge in [0.2, 0.25) is 0 Å². The molecule has 2 fully saturated rings. The van der Waals surface area contributed by atoms with Gasteiger partial charge in [0.05, 0.1) is 5.92 Å². The highest BCUT2D eigenvalue weighted by atomic mass is 16.4. The second-order valence-electron chi connectivity index (χ2n) is 5.67. The molecule has 0 saturated heterocycles. The van der Waals surface area contributed by atoms with Crippen LogP contribution in [0.3, 0.4) is 0 Å². The van der Waals surface area contributed by atoms with Crippen molar-refractivity contribution < 1.29 is 9.90 Å². The Kier molecular flexibility index (Phi) is 3.03. The molecule has 2 aliphatic rings. The van der Waals surface area contributed by atoms with E-state index in [1.807, 2.05) is 6.92 Å². The number of rotatable bonds is 2. The molecule has 0 amide bonds. The number of carbonyl (C=O) groups is 1. The Morgan fingerprint density at radius 1 is 1.20 bits per heavy atom. The van der Waals surface area contributed by atoms with E-state index in [9.17, 15) is 4.79 Å².